The number of fused-ring (bicyclic) bond motifs is 9. The monoisotopic (exact) mass is 521 g/mol. The molecule has 0 N–H and O–H groups in total. The molecule has 0 bridgehead atoms. The Morgan fingerprint density at radius 1 is 0.463 bits per heavy atom. The minimum atomic E-state index is 0.914. The van der Waals surface area contributed by atoms with Gasteiger partial charge in [-0.15, -0.1) is 0 Å². The van der Waals surface area contributed by atoms with Crippen LogP contribution in [0.5, 0.6) is 0 Å². The molecule has 0 unspecified atom stereocenters. The fraction of sp³-hybridized carbons (Fsp3) is 0. The Balaban J connectivity index is 1.53. The molecule has 0 saturated heterocycles. The lowest BCUT2D eigenvalue weighted by Gasteiger charge is -2.18. The standard InChI is InChI=1S/C39H23NO/c1-3-13-27-24(10-1)19-20-34-37(27)38-28-14-4-2-11-25(28)22-33(39(38)41-34)36-31-17-7-5-15-29(31)35(26-12-9-21-40-23-26)30-16-6-8-18-32(30)36/h1-23H. The van der Waals surface area contributed by atoms with Gasteiger partial charge in [-0.1, -0.05) is 109 Å². The third-order valence-electron chi connectivity index (χ3n) is 8.51. The van der Waals surface area contributed by atoms with Gasteiger partial charge in [0, 0.05) is 39.9 Å². The van der Waals surface area contributed by atoms with Gasteiger partial charge in [0.05, 0.1) is 0 Å². The van der Waals surface area contributed by atoms with Gasteiger partial charge in [-0.2, -0.15) is 0 Å². The molecule has 2 heterocycles. The van der Waals surface area contributed by atoms with E-state index in [9.17, 15) is 0 Å². The number of hydrogen-bond donors (Lipinski definition) is 0. The Morgan fingerprint density at radius 2 is 1.05 bits per heavy atom. The summed E-state index contributed by atoms with van der Waals surface area (Å²) in [5.74, 6) is 0. The van der Waals surface area contributed by atoms with Gasteiger partial charge in [-0.25, -0.2) is 0 Å². The fourth-order valence-corrected chi connectivity index (χ4v) is 6.81. The van der Waals surface area contributed by atoms with Crippen molar-refractivity contribution < 1.29 is 4.42 Å². The van der Waals surface area contributed by atoms with Gasteiger partial charge >= 0.3 is 0 Å². The number of nitrogens with zero attached hydrogens (tertiary/aromatic N) is 1. The normalized spacial score (nSPS) is 11.9. The maximum atomic E-state index is 6.86. The first kappa shape index (κ1) is 22.4. The lowest BCUT2D eigenvalue weighted by molar-refractivity contribution is 0.670. The highest BCUT2D eigenvalue weighted by Gasteiger charge is 2.22. The maximum absolute atomic E-state index is 6.86. The van der Waals surface area contributed by atoms with Gasteiger partial charge in [0.1, 0.15) is 11.2 Å². The largest absolute Gasteiger partial charge is 0.455 e. The summed E-state index contributed by atoms with van der Waals surface area (Å²) >= 11 is 0. The highest BCUT2D eigenvalue weighted by Crippen LogP contribution is 2.48. The van der Waals surface area contributed by atoms with Crippen LogP contribution in [0.15, 0.2) is 144 Å². The van der Waals surface area contributed by atoms with E-state index in [0.29, 0.717) is 0 Å². The molecule has 0 aliphatic carbocycles. The summed E-state index contributed by atoms with van der Waals surface area (Å²) in [5, 5.41) is 12.0. The number of pyridine rings is 1. The van der Waals surface area contributed by atoms with Gasteiger partial charge in [0.2, 0.25) is 0 Å². The molecule has 9 aromatic rings. The summed E-state index contributed by atoms with van der Waals surface area (Å²) in [6.45, 7) is 0. The van der Waals surface area contributed by atoms with Crippen LogP contribution in [0.4, 0.5) is 0 Å². The molecule has 7 aromatic carbocycles. The Morgan fingerprint density at radius 3 is 1.71 bits per heavy atom. The molecule has 0 spiro atoms. The van der Waals surface area contributed by atoms with Crippen LogP contribution >= 0.6 is 0 Å². The summed E-state index contributed by atoms with van der Waals surface area (Å²) in [5.41, 5.74) is 6.48. The van der Waals surface area contributed by atoms with Crippen molar-refractivity contribution in [1.29, 1.82) is 0 Å². The van der Waals surface area contributed by atoms with E-state index in [2.05, 4.69) is 126 Å². The van der Waals surface area contributed by atoms with Crippen LogP contribution in [-0.2, 0) is 0 Å². The first-order valence-corrected chi connectivity index (χ1v) is 14.0. The van der Waals surface area contributed by atoms with Crippen molar-refractivity contribution in [3.63, 3.8) is 0 Å². The fourth-order valence-electron chi connectivity index (χ4n) is 6.81. The molecule has 0 aliphatic heterocycles. The summed E-state index contributed by atoms with van der Waals surface area (Å²) in [6, 6.07) is 45.6. The first-order valence-electron chi connectivity index (χ1n) is 14.0. The van der Waals surface area contributed by atoms with Crippen molar-refractivity contribution in [2.24, 2.45) is 0 Å². The molecule has 0 aliphatic rings. The molecule has 41 heavy (non-hydrogen) atoms. The van der Waals surface area contributed by atoms with Gasteiger partial charge in [-0.3, -0.25) is 4.98 Å². The summed E-state index contributed by atoms with van der Waals surface area (Å²) in [7, 11) is 0. The van der Waals surface area contributed by atoms with E-state index in [4.69, 9.17) is 4.42 Å². The predicted octanol–water partition coefficient (Wildman–Crippen LogP) is 10.9. The van der Waals surface area contributed by atoms with Gasteiger partial charge < -0.3 is 4.42 Å². The number of furan rings is 1. The minimum absolute atomic E-state index is 0.914. The third kappa shape index (κ3) is 3.16. The molecule has 0 radical (unpaired) electrons. The molecular formula is C39H23NO. The highest BCUT2D eigenvalue weighted by atomic mass is 16.3. The van der Waals surface area contributed by atoms with E-state index in [-0.39, 0.29) is 0 Å². The van der Waals surface area contributed by atoms with Crippen molar-refractivity contribution in [1.82, 2.24) is 4.98 Å². The van der Waals surface area contributed by atoms with E-state index < -0.39 is 0 Å². The molecule has 0 amide bonds. The minimum Gasteiger partial charge on any atom is -0.455 e. The van der Waals surface area contributed by atoms with E-state index in [1.165, 1.54) is 65.0 Å². The van der Waals surface area contributed by atoms with Crippen LogP contribution in [0.3, 0.4) is 0 Å². The van der Waals surface area contributed by atoms with Gasteiger partial charge in [0.15, 0.2) is 0 Å². The average molecular weight is 522 g/mol. The van der Waals surface area contributed by atoms with Crippen LogP contribution in [-0.4, -0.2) is 4.98 Å². The van der Waals surface area contributed by atoms with E-state index in [1.54, 1.807) is 0 Å². The lowest BCUT2D eigenvalue weighted by atomic mass is 9.85. The zero-order chi connectivity index (χ0) is 26.9. The number of benzene rings is 7. The summed E-state index contributed by atoms with van der Waals surface area (Å²) in [6.07, 6.45) is 3.80. The summed E-state index contributed by atoms with van der Waals surface area (Å²) in [4.78, 5) is 4.46. The Kier molecular flexibility index (Phi) is 4.64. The highest BCUT2D eigenvalue weighted by molar-refractivity contribution is 6.31. The molecule has 9 rings (SSSR count). The Bertz CT molecular complexity index is 2410. The van der Waals surface area contributed by atoms with Gasteiger partial charge in [0.25, 0.3) is 0 Å². The SMILES string of the molecule is c1cncc(-c2c3ccccc3c(-c3cc4ccccc4c4c3oc3ccc5ccccc5c34)c3ccccc23)c1. The molecule has 0 fully saturated rings. The van der Waals surface area contributed by atoms with Gasteiger partial charge in [-0.05, 0) is 66.9 Å². The van der Waals surface area contributed by atoms with Crippen LogP contribution < -0.4 is 0 Å². The average Bonchev–Trinajstić information content (AvgIpc) is 3.44. The van der Waals surface area contributed by atoms with Crippen LogP contribution in [0, 0.1) is 0 Å². The topological polar surface area (TPSA) is 26.0 Å². The van der Waals surface area contributed by atoms with Crippen molar-refractivity contribution in [3.8, 4) is 22.3 Å². The van der Waals surface area contributed by atoms with E-state index >= 15 is 0 Å². The van der Waals surface area contributed by atoms with Crippen LogP contribution in [0.2, 0.25) is 0 Å². The second-order valence-electron chi connectivity index (χ2n) is 10.7. The quantitative estimate of drug-likeness (QED) is 0.211. The molecular weight excluding hydrogens is 498 g/mol. The summed E-state index contributed by atoms with van der Waals surface area (Å²) < 4.78 is 6.86. The number of aromatic nitrogens is 1. The van der Waals surface area contributed by atoms with Crippen LogP contribution in [0.25, 0.3) is 87.3 Å². The van der Waals surface area contributed by atoms with Crippen molar-refractivity contribution in [2.45, 2.75) is 0 Å². The molecule has 2 heteroatoms. The zero-order valence-electron chi connectivity index (χ0n) is 22.1. The smallest absolute Gasteiger partial charge is 0.143 e. The van der Waals surface area contributed by atoms with Crippen LogP contribution in [0.1, 0.15) is 0 Å². The van der Waals surface area contributed by atoms with Crippen molar-refractivity contribution in [2.75, 3.05) is 0 Å². The number of rotatable bonds is 2. The molecule has 190 valence electrons. The van der Waals surface area contributed by atoms with Crippen molar-refractivity contribution in [3.05, 3.63) is 140 Å². The number of hydrogen-bond acceptors (Lipinski definition) is 2. The molecule has 2 nitrogen and oxygen atoms in total. The second kappa shape index (κ2) is 8.51. The molecule has 2 aromatic heterocycles. The maximum Gasteiger partial charge on any atom is 0.143 e. The predicted molar refractivity (Wildman–Crippen MR) is 172 cm³/mol. The Hall–Kier alpha value is -5.47. The van der Waals surface area contributed by atoms with E-state index in [0.717, 1.165) is 22.3 Å². The zero-order valence-corrected chi connectivity index (χ0v) is 22.1. The second-order valence-corrected chi connectivity index (χ2v) is 10.7. The first-order chi connectivity index (χ1) is 20.4. The van der Waals surface area contributed by atoms with Crippen molar-refractivity contribution >= 4 is 65.0 Å². The van der Waals surface area contributed by atoms with E-state index in [1.807, 2.05) is 18.5 Å². The third-order valence-corrected chi connectivity index (χ3v) is 8.51. The lowest BCUT2D eigenvalue weighted by Crippen LogP contribution is -1.92. The molecule has 0 atom stereocenters. The molecule has 0 saturated carbocycles. The Labute approximate surface area is 236 Å².